The van der Waals surface area contributed by atoms with Crippen molar-refractivity contribution < 1.29 is 4.39 Å². The Balaban J connectivity index is 1.31. The quantitative estimate of drug-likeness (QED) is 0.155. The van der Waals surface area contributed by atoms with Gasteiger partial charge in [0.1, 0.15) is 29.1 Å². The fourth-order valence-corrected chi connectivity index (χ4v) is 7.70. The van der Waals surface area contributed by atoms with E-state index in [0.717, 1.165) is 66.4 Å². The number of rotatable bonds is 7. The summed E-state index contributed by atoms with van der Waals surface area (Å²) in [6, 6.07) is 45.1. The van der Waals surface area contributed by atoms with Crippen molar-refractivity contribution in [2.24, 2.45) is 0 Å². The average molecular weight is 783 g/mol. The second-order valence-corrected chi connectivity index (χ2v) is 14.6. The van der Waals surface area contributed by atoms with E-state index in [0.29, 0.717) is 52.4 Å². The van der Waals surface area contributed by atoms with Crippen molar-refractivity contribution in [2.45, 2.75) is 27.7 Å². The summed E-state index contributed by atoms with van der Waals surface area (Å²) in [5.74, 6) is 4.97. The van der Waals surface area contributed by atoms with Crippen LogP contribution in [0.5, 0.6) is 0 Å². The van der Waals surface area contributed by atoms with Gasteiger partial charge < -0.3 is 4.57 Å². The molecule has 0 saturated carbocycles. The molecular weight excluding hydrogens is 748 g/mol. The van der Waals surface area contributed by atoms with Crippen molar-refractivity contribution >= 4 is 21.8 Å². The van der Waals surface area contributed by atoms with Crippen molar-refractivity contribution in [3.8, 4) is 73.8 Å². The molecule has 4 heterocycles. The van der Waals surface area contributed by atoms with E-state index in [4.69, 9.17) is 34.9 Å². The lowest BCUT2D eigenvalue weighted by molar-refractivity contribution is 0.628. The first-order valence-corrected chi connectivity index (χ1v) is 19.5. The van der Waals surface area contributed by atoms with Crippen LogP contribution in [0.4, 0.5) is 4.39 Å². The Hall–Kier alpha value is -7.92. The molecule has 0 aliphatic carbocycles. The highest BCUT2D eigenvalue weighted by atomic mass is 19.1. The molecule has 10 nitrogen and oxygen atoms in total. The van der Waals surface area contributed by atoms with Crippen molar-refractivity contribution in [3.05, 3.63) is 169 Å². The van der Waals surface area contributed by atoms with Crippen molar-refractivity contribution in [1.29, 1.82) is 0 Å². The molecular formula is C49H35FN10. The van der Waals surface area contributed by atoms with Crippen LogP contribution in [-0.4, -0.2) is 49.4 Å². The molecule has 0 amide bonds. The van der Waals surface area contributed by atoms with Gasteiger partial charge in [0.15, 0.2) is 29.1 Å². The number of hydrogen-bond donors (Lipinski definition) is 0. The molecule has 0 unspecified atom stereocenters. The lowest BCUT2D eigenvalue weighted by atomic mass is 10.0. The summed E-state index contributed by atoms with van der Waals surface area (Å²) in [5.41, 5.74) is 8.46. The maximum absolute atomic E-state index is 14.3. The van der Waals surface area contributed by atoms with Gasteiger partial charge in [0.05, 0.1) is 16.7 Å². The van der Waals surface area contributed by atoms with Gasteiger partial charge in [-0.05, 0) is 75.2 Å². The molecule has 0 saturated heterocycles. The van der Waals surface area contributed by atoms with Crippen LogP contribution in [0.3, 0.4) is 0 Å². The second kappa shape index (κ2) is 14.8. The molecule has 0 bridgehead atoms. The first-order chi connectivity index (χ1) is 29.2. The summed E-state index contributed by atoms with van der Waals surface area (Å²) >= 11 is 0. The van der Waals surface area contributed by atoms with E-state index < -0.39 is 0 Å². The summed E-state index contributed by atoms with van der Waals surface area (Å²) < 4.78 is 16.5. The molecule has 10 rings (SSSR count). The second-order valence-electron chi connectivity index (χ2n) is 14.6. The summed E-state index contributed by atoms with van der Waals surface area (Å²) in [7, 11) is 0. The molecule has 0 N–H and O–H groups in total. The van der Waals surface area contributed by atoms with Gasteiger partial charge in [0.25, 0.3) is 0 Å². The molecule has 0 aliphatic rings. The number of aromatic nitrogens is 10. The predicted octanol–water partition coefficient (Wildman–Crippen LogP) is 10.7. The van der Waals surface area contributed by atoms with E-state index in [2.05, 4.69) is 44.9 Å². The molecule has 0 spiro atoms. The normalized spacial score (nSPS) is 11.4. The molecule has 11 heteroatoms. The van der Waals surface area contributed by atoms with Crippen LogP contribution in [0.2, 0.25) is 0 Å². The number of nitrogens with zero attached hydrogens (tertiary/aromatic N) is 10. The van der Waals surface area contributed by atoms with Crippen molar-refractivity contribution in [2.75, 3.05) is 0 Å². The van der Waals surface area contributed by atoms with Crippen LogP contribution in [-0.2, 0) is 0 Å². The first kappa shape index (κ1) is 36.4. The SMILES string of the molecule is Cc1nc(C)nc(-c2ccc3c4ccc(-c5nc(C)nc(C)n5)cc4n(-c4cc(-c5ccc(F)cc5)ccc4-c4nc(-c5ccccc5)nc(-c5ccccc5)n4)c3c2)n1. The fraction of sp³-hybridized carbons (Fsp3) is 0.0816. The maximum Gasteiger partial charge on any atom is 0.166 e. The monoisotopic (exact) mass is 782 g/mol. The van der Waals surface area contributed by atoms with Crippen LogP contribution in [0.1, 0.15) is 23.3 Å². The van der Waals surface area contributed by atoms with E-state index in [9.17, 15) is 4.39 Å². The van der Waals surface area contributed by atoms with Crippen LogP contribution in [0.25, 0.3) is 95.6 Å². The van der Waals surface area contributed by atoms with Gasteiger partial charge in [-0.1, -0.05) is 103 Å². The molecule has 6 aromatic carbocycles. The summed E-state index contributed by atoms with van der Waals surface area (Å²) in [4.78, 5) is 43.1. The Bertz CT molecular complexity index is 3050. The van der Waals surface area contributed by atoms with Gasteiger partial charge in [0.2, 0.25) is 0 Å². The summed E-state index contributed by atoms with van der Waals surface area (Å²) in [5, 5.41) is 2.02. The third-order valence-corrected chi connectivity index (χ3v) is 10.4. The smallest absolute Gasteiger partial charge is 0.166 e. The Kier molecular flexibility index (Phi) is 8.98. The third kappa shape index (κ3) is 6.81. The molecule has 0 atom stereocenters. The van der Waals surface area contributed by atoms with Crippen LogP contribution in [0, 0.1) is 33.5 Å². The standard InChI is InChI=1S/C49H35FN10/c1-28-51-29(2)54-47(53-28)36-18-22-39-40-23-19-37(48-55-30(3)52-31(4)56-48)27-43(40)60(42(39)26-36)44-25-35(32-15-20-38(50)21-16-32)17-24-41(44)49-58-45(33-11-7-5-8-12-33)57-46(59-49)34-13-9-6-10-14-34/h5-27H,1-4H3. The van der Waals surface area contributed by atoms with Gasteiger partial charge in [-0.15, -0.1) is 0 Å². The highest BCUT2D eigenvalue weighted by molar-refractivity contribution is 6.11. The van der Waals surface area contributed by atoms with Gasteiger partial charge in [-0.25, -0.2) is 49.2 Å². The molecule has 0 aliphatic heterocycles. The Morgan fingerprint density at radius 2 is 0.767 bits per heavy atom. The molecule has 60 heavy (non-hydrogen) atoms. The lowest BCUT2D eigenvalue weighted by Crippen LogP contribution is -2.04. The number of benzene rings is 6. The van der Waals surface area contributed by atoms with E-state index in [1.165, 1.54) is 12.1 Å². The number of aryl methyl sites for hydroxylation is 4. The minimum atomic E-state index is -0.308. The van der Waals surface area contributed by atoms with Gasteiger partial charge in [0, 0.05) is 38.6 Å². The first-order valence-electron chi connectivity index (χ1n) is 19.5. The lowest BCUT2D eigenvalue weighted by Gasteiger charge is -2.17. The van der Waals surface area contributed by atoms with E-state index >= 15 is 0 Å². The Labute approximate surface area is 344 Å². The molecule has 0 fully saturated rings. The molecule has 0 radical (unpaired) electrons. The van der Waals surface area contributed by atoms with Crippen LogP contribution >= 0.6 is 0 Å². The van der Waals surface area contributed by atoms with E-state index in [1.54, 1.807) is 12.1 Å². The number of halogens is 1. The maximum atomic E-state index is 14.3. The Morgan fingerprint density at radius 1 is 0.350 bits per heavy atom. The van der Waals surface area contributed by atoms with Crippen molar-refractivity contribution in [1.82, 2.24) is 49.4 Å². The third-order valence-electron chi connectivity index (χ3n) is 10.4. The van der Waals surface area contributed by atoms with Crippen LogP contribution < -0.4 is 0 Å². The van der Waals surface area contributed by atoms with Crippen LogP contribution in [0.15, 0.2) is 140 Å². The fourth-order valence-electron chi connectivity index (χ4n) is 7.70. The molecule has 10 aromatic rings. The van der Waals surface area contributed by atoms with Gasteiger partial charge >= 0.3 is 0 Å². The highest BCUT2D eigenvalue weighted by Crippen LogP contribution is 2.40. The zero-order valence-electron chi connectivity index (χ0n) is 33.1. The Morgan fingerprint density at radius 3 is 1.25 bits per heavy atom. The zero-order chi connectivity index (χ0) is 40.9. The summed E-state index contributed by atoms with van der Waals surface area (Å²) in [6.07, 6.45) is 0. The minimum absolute atomic E-state index is 0.308. The number of hydrogen-bond acceptors (Lipinski definition) is 9. The van der Waals surface area contributed by atoms with Crippen molar-refractivity contribution in [3.63, 3.8) is 0 Å². The number of fused-ring (bicyclic) bond motifs is 3. The predicted molar refractivity (Wildman–Crippen MR) is 232 cm³/mol. The highest BCUT2D eigenvalue weighted by Gasteiger charge is 2.22. The van der Waals surface area contributed by atoms with Gasteiger partial charge in [-0.2, -0.15) is 0 Å². The average Bonchev–Trinajstić information content (AvgIpc) is 3.59. The van der Waals surface area contributed by atoms with E-state index in [-0.39, 0.29) is 5.82 Å². The topological polar surface area (TPSA) is 121 Å². The summed E-state index contributed by atoms with van der Waals surface area (Å²) in [6.45, 7) is 7.48. The minimum Gasteiger partial charge on any atom is -0.308 e. The van der Waals surface area contributed by atoms with E-state index in [1.807, 2.05) is 113 Å². The zero-order valence-corrected chi connectivity index (χ0v) is 33.1. The molecule has 288 valence electrons. The largest absolute Gasteiger partial charge is 0.308 e. The van der Waals surface area contributed by atoms with Gasteiger partial charge in [-0.3, -0.25) is 0 Å². The molecule has 4 aromatic heterocycles.